The molecule has 5 heteroatoms. The van der Waals surface area contributed by atoms with Gasteiger partial charge in [0.2, 0.25) is 11.8 Å². The zero-order valence-corrected chi connectivity index (χ0v) is 12.1. The molecule has 2 fully saturated rings. The molecule has 19 heavy (non-hydrogen) atoms. The average molecular weight is 281 g/mol. The monoisotopic (exact) mass is 281 g/mol. The van der Waals surface area contributed by atoms with Gasteiger partial charge in [0.15, 0.2) is 0 Å². The molecule has 2 bridgehead atoms. The van der Waals surface area contributed by atoms with Crippen LogP contribution in [-0.2, 0) is 5.60 Å². The van der Waals surface area contributed by atoms with E-state index in [9.17, 15) is 5.11 Å². The number of hydrogen-bond acceptors (Lipinski definition) is 5. The summed E-state index contributed by atoms with van der Waals surface area (Å²) in [6.07, 6.45) is 4.00. The van der Waals surface area contributed by atoms with Gasteiger partial charge in [0.05, 0.1) is 19.8 Å². The van der Waals surface area contributed by atoms with E-state index in [0.29, 0.717) is 22.3 Å². The standard InChI is InChI=1S/C14H19NO3S/c1-17-12-6-5-11(13(15-12)18-2)14(16)7-9-3-4-10(8-14)19-9/h5-6,9-10,16H,3-4,7-8H2,1-2H3. The molecule has 2 aliphatic heterocycles. The Kier molecular flexibility index (Phi) is 3.35. The first-order valence-electron chi connectivity index (χ1n) is 6.62. The van der Waals surface area contributed by atoms with Crippen LogP contribution in [0, 0.1) is 0 Å². The molecule has 2 aliphatic rings. The molecule has 0 aromatic carbocycles. The van der Waals surface area contributed by atoms with E-state index >= 15 is 0 Å². The number of thioether (sulfide) groups is 1. The van der Waals surface area contributed by atoms with Crippen LogP contribution in [-0.4, -0.2) is 34.8 Å². The van der Waals surface area contributed by atoms with Crippen molar-refractivity contribution in [2.45, 2.75) is 41.8 Å². The quantitative estimate of drug-likeness (QED) is 0.921. The van der Waals surface area contributed by atoms with Crippen LogP contribution < -0.4 is 9.47 Å². The van der Waals surface area contributed by atoms with Crippen molar-refractivity contribution in [2.24, 2.45) is 0 Å². The van der Waals surface area contributed by atoms with E-state index in [0.717, 1.165) is 18.4 Å². The molecule has 1 N–H and O–H groups in total. The van der Waals surface area contributed by atoms with E-state index in [4.69, 9.17) is 9.47 Å². The van der Waals surface area contributed by atoms with E-state index < -0.39 is 5.60 Å². The summed E-state index contributed by atoms with van der Waals surface area (Å²) in [6.45, 7) is 0. The van der Waals surface area contributed by atoms with Crippen molar-refractivity contribution < 1.29 is 14.6 Å². The Hall–Kier alpha value is -0.940. The number of rotatable bonds is 3. The summed E-state index contributed by atoms with van der Waals surface area (Å²) in [5.74, 6) is 0.991. The number of nitrogens with zero attached hydrogens (tertiary/aromatic N) is 1. The molecular formula is C14H19NO3S. The van der Waals surface area contributed by atoms with E-state index in [1.807, 2.05) is 17.8 Å². The second-order valence-corrected chi connectivity index (χ2v) is 6.91. The molecular weight excluding hydrogens is 262 g/mol. The van der Waals surface area contributed by atoms with E-state index in [1.54, 1.807) is 20.3 Å². The highest BCUT2D eigenvalue weighted by atomic mass is 32.2. The van der Waals surface area contributed by atoms with Gasteiger partial charge in [0.25, 0.3) is 0 Å². The van der Waals surface area contributed by atoms with Crippen molar-refractivity contribution in [1.29, 1.82) is 0 Å². The minimum Gasteiger partial charge on any atom is -0.481 e. The van der Waals surface area contributed by atoms with Gasteiger partial charge in [-0.05, 0) is 31.7 Å². The second kappa shape index (κ2) is 4.87. The number of ether oxygens (including phenoxy) is 2. The zero-order chi connectivity index (χ0) is 13.5. The van der Waals surface area contributed by atoms with Crippen LogP contribution in [0.4, 0.5) is 0 Å². The van der Waals surface area contributed by atoms with Crippen LogP contribution in [0.3, 0.4) is 0 Å². The molecule has 2 atom stereocenters. The molecule has 3 heterocycles. The number of pyridine rings is 1. The maximum atomic E-state index is 11.0. The van der Waals surface area contributed by atoms with E-state index in [2.05, 4.69) is 4.98 Å². The summed E-state index contributed by atoms with van der Waals surface area (Å²) in [5.41, 5.74) is -0.00480. The van der Waals surface area contributed by atoms with Crippen molar-refractivity contribution in [3.05, 3.63) is 17.7 Å². The Balaban J connectivity index is 1.96. The fraction of sp³-hybridized carbons (Fsp3) is 0.643. The largest absolute Gasteiger partial charge is 0.481 e. The minimum absolute atomic E-state index is 0.480. The first-order chi connectivity index (χ1) is 9.14. The van der Waals surface area contributed by atoms with Crippen molar-refractivity contribution in [1.82, 2.24) is 4.98 Å². The SMILES string of the molecule is COc1ccc(C2(O)CC3CCC(C2)S3)c(OC)n1. The normalized spacial score (nSPS) is 33.2. The van der Waals surface area contributed by atoms with Gasteiger partial charge < -0.3 is 14.6 Å². The smallest absolute Gasteiger partial charge is 0.222 e. The van der Waals surface area contributed by atoms with Gasteiger partial charge >= 0.3 is 0 Å². The predicted molar refractivity (Wildman–Crippen MR) is 74.9 cm³/mol. The number of aliphatic hydroxyl groups is 1. The van der Waals surface area contributed by atoms with Crippen molar-refractivity contribution in [3.63, 3.8) is 0 Å². The second-order valence-electron chi connectivity index (χ2n) is 5.31. The molecule has 1 aromatic heterocycles. The Morgan fingerprint density at radius 1 is 1.21 bits per heavy atom. The third-order valence-electron chi connectivity index (χ3n) is 4.06. The van der Waals surface area contributed by atoms with Gasteiger partial charge in [0, 0.05) is 22.1 Å². The van der Waals surface area contributed by atoms with Crippen molar-refractivity contribution in [2.75, 3.05) is 14.2 Å². The summed E-state index contributed by atoms with van der Waals surface area (Å²) in [7, 11) is 3.16. The van der Waals surface area contributed by atoms with E-state index in [1.165, 1.54) is 12.8 Å². The average Bonchev–Trinajstić information content (AvgIpc) is 2.77. The lowest BCUT2D eigenvalue weighted by Crippen LogP contribution is -2.35. The molecule has 0 radical (unpaired) electrons. The third kappa shape index (κ3) is 2.30. The van der Waals surface area contributed by atoms with Crippen molar-refractivity contribution >= 4 is 11.8 Å². The summed E-state index contributed by atoms with van der Waals surface area (Å²) >= 11 is 2.02. The molecule has 0 aliphatic carbocycles. The molecule has 2 unspecified atom stereocenters. The Morgan fingerprint density at radius 3 is 2.47 bits per heavy atom. The van der Waals surface area contributed by atoms with Gasteiger partial charge in [-0.2, -0.15) is 16.7 Å². The first-order valence-corrected chi connectivity index (χ1v) is 7.56. The van der Waals surface area contributed by atoms with Crippen LogP contribution in [0.25, 0.3) is 0 Å². The Bertz CT molecular complexity index is 468. The highest BCUT2D eigenvalue weighted by molar-refractivity contribution is 8.00. The lowest BCUT2D eigenvalue weighted by molar-refractivity contribution is 0.0168. The Labute approximate surface area is 117 Å². The molecule has 0 spiro atoms. The summed E-state index contributed by atoms with van der Waals surface area (Å²) in [4.78, 5) is 4.29. The zero-order valence-electron chi connectivity index (χ0n) is 11.3. The molecule has 4 nitrogen and oxygen atoms in total. The van der Waals surface area contributed by atoms with Gasteiger partial charge in [-0.15, -0.1) is 0 Å². The van der Waals surface area contributed by atoms with Gasteiger partial charge in [-0.1, -0.05) is 0 Å². The summed E-state index contributed by atoms with van der Waals surface area (Å²) < 4.78 is 10.4. The van der Waals surface area contributed by atoms with Crippen LogP contribution in [0.2, 0.25) is 0 Å². The van der Waals surface area contributed by atoms with Crippen LogP contribution in [0.1, 0.15) is 31.2 Å². The maximum Gasteiger partial charge on any atom is 0.222 e. The highest BCUT2D eigenvalue weighted by Gasteiger charge is 2.45. The minimum atomic E-state index is -0.804. The highest BCUT2D eigenvalue weighted by Crippen LogP contribution is 2.52. The molecule has 0 saturated carbocycles. The van der Waals surface area contributed by atoms with Crippen LogP contribution in [0.5, 0.6) is 11.8 Å². The molecule has 104 valence electrons. The fourth-order valence-electron chi connectivity index (χ4n) is 3.18. The van der Waals surface area contributed by atoms with Gasteiger partial charge in [-0.3, -0.25) is 0 Å². The maximum absolute atomic E-state index is 11.0. The third-order valence-corrected chi connectivity index (χ3v) is 5.64. The fourth-order valence-corrected chi connectivity index (χ4v) is 5.02. The Morgan fingerprint density at radius 2 is 1.89 bits per heavy atom. The van der Waals surface area contributed by atoms with E-state index in [-0.39, 0.29) is 0 Å². The molecule has 3 rings (SSSR count). The first kappa shape index (κ1) is 13.1. The lowest BCUT2D eigenvalue weighted by Gasteiger charge is -2.36. The molecule has 0 amide bonds. The topological polar surface area (TPSA) is 51.6 Å². The van der Waals surface area contributed by atoms with Crippen molar-refractivity contribution in [3.8, 4) is 11.8 Å². The number of aromatic nitrogens is 1. The number of fused-ring (bicyclic) bond motifs is 2. The van der Waals surface area contributed by atoms with Gasteiger partial charge in [-0.25, -0.2) is 0 Å². The van der Waals surface area contributed by atoms with Crippen LogP contribution >= 0.6 is 11.8 Å². The van der Waals surface area contributed by atoms with Gasteiger partial charge in [0.1, 0.15) is 0 Å². The lowest BCUT2D eigenvalue weighted by atomic mass is 9.86. The molecule has 2 saturated heterocycles. The number of methoxy groups -OCH3 is 2. The summed E-state index contributed by atoms with van der Waals surface area (Å²) in [5, 5.41) is 12.2. The number of hydrogen-bond donors (Lipinski definition) is 1. The summed E-state index contributed by atoms with van der Waals surface area (Å²) in [6, 6.07) is 3.68. The van der Waals surface area contributed by atoms with Crippen LogP contribution in [0.15, 0.2) is 12.1 Å². The molecule has 1 aromatic rings. The predicted octanol–water partition coefficient (Wildman–Crippen LogP) is 2.34.